The summed E-state index contributed by atoms with van der Waals surface area (Å²) < 4.78 is 5.86. The molecule has 3 nitrogen and oxygen atoms in total. The molecule has 2 aromatic rings. The summed E-state index contributed by atoms with van der Waals surface area (Å²) >= 11 is 13.5. The van der Waals surface area contributed by atoms with E-state index in [1.807, 2.05) is 5.38 Å². The molecule has 2 rings (SSSR count). The van der Waals surface area contributed by atoms with E-state index in [0.717, 1.165) is 5.01 Å². The first-order valence-electron chi connectivity index (χ1n) is 5.42. The summed E-state index contributed by atoms with van der Waals surface area (Å²) in [5.74, 6) is 0.554. The summed E-state index contributed by atoms with van der Waals surface area (Å²) in [6, 6.07) is 5.12. The lowest BCUT2D eigenvalue weighted by Gasteiger charge is -2.17. The van der Waals surface area contributed by atoms with Crippen molar-refractivity contribution >= 4 is 46.9 Å². The Morgan fingerprint density at radius 3 is 2.79 bits per heavy atom. The van der Waals surface area contributed by atoms with Gasteiger partial charge in [-0.05, 0) is 18.7 Å². The van der Waals surface area contributed by atoms with Crippen molar-refractivity contribution in [1.82, 2.24) is 4.98 Å². The molecule has 0 spiro atoms. The predicted octanol–water partition coefficient (Wildman–Crippen LogP) is 4.34. The highest BCUT2D eigenvalue weighted by molar-refractivity contribution is 7.09. The number of nitrogens with zero attached hydrogens (tertiary/aromatic N) is 1. The van der Waals surface area contributed by atoms with Crippen LogP contribution in [0.4, 0.5) is 0 Å². The Labute approximate surface area is 132 Å². The van der Waals surface area contributed by atoms with Gasteiger partial charge in [0, 0.05) is 29.1 Å². The normalized spacial score (nSPS) is 11.7. The van der Waals surface area contributed by atoms with Gasteiger partial charge in [-0.15, -0.1) is 23.7 Å². The molecule has 0 aliphatic heterocycles. The molecule has 0 saturated carbocycles. The first-order chi connectivity index (χ1) is 8.70. The summed E-state index contributed by atoms with van der Waals surface area (Å²) in [6.07, 6.45) is 2.23. The Morgan fingerprint density at radius 1 is 1.37 bits per heavy atom. The van der Waals surface area contributed by atoms with Crippen LogP contribution in [0.25, 0.3) is 0 Å². The zero-order valence-corrected chi connectivity index (χ0v) is 13.0. The van der Waals surface area contributed by atoms with E-state index in [9.17, 15) is 0 Å². The van der Waals surface area contributed by atoms with Gasteiger partial charge >= 0.3 is 0 Å². The fourth-order valence-electron chi connectivity index (χ4n) is 1.50. The smallest absolute Gasteiger partial charge is 0.151 e. The highest BCUT2D eigenvalue weighted by Gasteiger charge is 2.17. The van der Waals surface area contributed by atoms with Gasteiger partial charge in [0.2, 0.25) is 0 Å². The van der Waals surface area contributed by atoms with Gasteiger partial charge < -0.3 is 10.5 Å². The maximum Gasteiger partial charge on any atom is 0.151 e. The molecule has 1 heterocycles. The number of benzene rings is 1. The molecule has 104 valence electrons. The Morgan fingerprint density at radius 2 is 2.16 bits per heavy atom. The predicted molar refractivity (Wildman–Crippen MR) is 82.9 cm³/mol. The molecule has 0 aliphatic rings. The zero-order valence-electron chi connectivity index (χ0n) is 9.88. The summed E-state index contributed by atoms with van der Waals surface area (Å²) in [6.45, 7) is 0.516. The zero-order chi connectivity index (χ0) is 13.0. The van der Waals surface area contributed by atoms with E-state index in [4.69, 9.17) is 33.7 Å². The molecular weight excluding hydrogens is 327 g/mol. The Hall–Kier alpha value is -0.520. The fourth-order valence-corrected chi connectivity index (χ4v) is 2.52. The van der Waals surface area contributed by atoms with Crippen molar-refractivity contribution < 1.29 is 4.74 Å². The molecule has 2 N–H and O–H groups in total. The van der Waals surface area contributed by atoms with Crippen LogP contribution in [0.2, 0.25) is 10.0 Å². The number of rotatable bonds is 5. The van der Waals surface area contributed by atoms with Crippen LogP contribution >= 0.6 is 46.9 Å². The molecule has 0 fully saturated rings. The molecule has 1 aromatic carbocycles. The topological polar surface area (TPSA) is 48.1 Å². The van der Waals surface area contributed by atoms with Crippen LogP contribution < -0.4 is 10.5 Å². The van der Waals surface area contributed by atoms with Gasteiger partial charge in [-0.3, -0.25) is 0 Å². The van der Waals surface area contributed by atoms with E-state index in [1.54, 1.807) is 24.4 Å². The van der Waals surface area contributed by atoms with Crippen molar-refractivity contribution in [3.63, 3.8) is 0 Å². The highest BCUT2D eigenvalue weighted by atomic mass is 35.5. The molecule has 0 unspecified atom stereocenters. The number of halogens is 3. The minimum atomic E-state index is -0.189. The van der Waals surface area contributed by atoms with Crippen LogP contribution in [-0.2, 0) is 0 Å². The molecular formula is C12H13Cl3N2OS. The standard InChI is InChI=1S/C12H12Cl2N2OS.ClH/c13-8-1-2-9(14)11(7-8)17-10(3-4-15)12-16-5-6-18-12;/h1-2,5-7,10H,3-4,15H2;1H/t10-;/m1./s1. The molecule has 0 amide bonds. The van der Waals surface area contributed by atoms with Gasteiger partial charge in [-0.25, -0.2) is 4.98 Å². The molecule has 7 heteroatoms. The van der Waals surface area contributed by atoms with E-state index in [2.05, 4.69) is 4.98 Å². The van der Waals surface area contributed by atoms with E-state index < -0.39 is 0 Å². The lowest BCUT2D eigenvalue weighted by Crippen LogP contribution is -2.13. The van der Waals surface area contributed by atoms with Crippen molar-refractivity contribution in [2.24, 2.45) is 5.73 Å². The van der Waals surface area contributed by atoms with Gasteiger partial charge in [0.05, 0.1) is 5.02 Å². The van der Waals surface area contributed by atoms with Crippen LogP contribution in [0.1, 0.15) is 17.5 Å². The fraction of sp³-hybridized carbons (Fsp3) is 0.250. The minimum Gasteiger partial charge on any atom is -0.482 e. The Bertz CT molecular complexity index is 508. The third kappa shape index (κ3) is 4.51. The second kappa shape index (κ2) is 7.92. The van der Waals surface area contributed by atoms with E-state index >= 15 is 0 Å². The maximum atomic E-state index is 6.07. The summed E-state index contributed by atoms with van der Waals surface area (Å²) in [4.78, 5) is 4.25. The number of aromatic nitrogens is 1. The van der Waals surface area contributed by atoms with E-state index in [1.165, 1.54) is 11.3 Å². The van der Waals surface area contributed by atoms with E-state index in [0.29, 0.717) is 28.8 Å². The van der Waals surface area contributed by atoms with Crippen molar-refractivity contribution in [3.05, 3.63) is 44.8 Å². The third-order valence-electron chi connectivity index (χ3n) is 2.32. The quantitative estimate of drug-likeness (QED) is 0.881. The van der Waals surface area contributed by atoms with Crippen molar-refractivity contribution in [1.29, 1.82) is 0 Å². The summed E-state index contributed by atoms with van der Waals surface area (Å²) in [5, 5.41) is 3.90. The number of hydrogen-bond donors (Lipinski definition) is 1. The first-order valence-corrected chi connectivity index (χ1v) is 7.05. The van der Waals surface area contributed by atoms with Crippen LogP contribution in [0, 0.1) is 0 Å². The molecule has 0 bridgehead atoms. The average molecular weight is 340 g/mol. The largest absolute Gasteiger partial charge is 0.482 e. The number of hydrogen-bond acceptors (Lipinski definition) is 4. The number of thiazole rings is 1. The lowest BCUT2D eigenvalue weighted by atomic mass is 10.2. The maximum absolute atomic E-state index is 6.07. The van der Waals surface area contributed by atoms with Gasteiger partial charge in [-0.1, -0.05) is 23.2 Å². The van der Waals surface area contributed by atoms with Gasteiger partial charge in [0.25, 0.3) is 0 Å². The molecule has 0 radical (unpaired) electrons. The van der Waals surface area contributed by atoms with Crippen LogP contribution in [0.3, 0.4) is 0 Å². The molecule has 19 heavy (non-hydrogen) atoms. The van der Waals surface area contributed by atoms with Gasteiger partial charge in [0.15, 0.2) is 6.10 Å². The second-order valence-electron chi connectivity index (χ2n) is 3.63. The number of ether oxygens (including phenoxy) is 1. The van der Waals surface area contributed by atoms with Crippen LogP contribution in [-0.4, -0.2) is 11.5 Å². The van der Waals surface area contributed by atoms with Crippen molar-refractivity contribution in [2.45, 2.75) is 12.5 Å². The van der Waals surface area contributed by atoms with Gasteiger partial charge in [-0.2, -0.15) is 0 Å². The first kappa shape index (κ1) is 16.5. The number of nitrogens with two attached hydrogens (primary N) is 1. The lowest BCUT2D eigenvalue weighted by molar-refractivity contribution is 0.197. The monoisotopic (exact) mass is 338 g/mol. The summed E-state index contributed by atoms with van der Waals surface area (Å²) in [7, 11) is 0. The molecule has 1 atom stereocenters. The van der Waals surface area contributed by atoms with E-state index in [-0.39, 0.29) is 18.5 Å². The molecule has 0 saturated heterocycles. The van der Waals surface area contributed by atoms with Crippen molar-refractivity contribution in [3.8, 4) is 5.75 Å². The Balaban J connectivity index is 0.00000180. The highest BCUT2D eigenvalue weighted by Crippen LogP contribution is 2.33. The van der Waals surface area contributed by atoms with Crippen LogP contribution in [0.15, 0.2) is 29.8 Å². The average Bonchev–Trinajstić information content (AvgIpc) is 2.87. The molecule has 0 aliphatic carbocycles. The third-order valence-corrected chi connectivity index (χ3v) is 3.73. The molecule has 1 aromatic heterocycles. The van der Waals surface area contributed by atoms with Crippen LogP contribution in [0.5, 0.6) is 5.75 Å². The SMILES string of the molecule is Cl.NCC[C@@H](Oc1cc(Cl)ccc1Cl)c1nccs1. The second-order valence-corrected chi connectivity index (χ2v) is 5.40. The van der Waals surface area contributed by atoms with Crippen molar-refractivity contribution in [2.75, 3.05) is 6.54 Å². The summed E-state index contributed by atoms with van der Waals surface area (Å²) in [5.41, 5.74) is 5.59. The Kier molecular flexibility index (Phi) is 6.89. The van der Waals surface area contributed by atoms with Gasteiger partial charge in [0.1, 0.15) is 10.8 Å². The minimum absolute atomic E-state index is 0.